The first-order valence-corrected chi connectivity index (χ1v) is 4.88. The van der Waals surface area contributed by atoms with E-state index in [0.717, 1.165) is 11.4 Å². The molecule has 0 radical (unpaired) electrons. The average molecular weight is 200 g/mol. The van der Waals surface area contributed by atoms with Gasteiger partial charge >= 0.3 is 0 Å². The van der Waals surface area contributed by atoms with E-state index in [2.05, 4.69) is 29.9 Å². The van der Waals surface area contributed by atoms with Crippen LogP contribution < -0.4 is 0 Å². The molecule has 2 aromatic rings. The highest BCUT2D eigenvalue weighted by atomic mass is 15.0. The third-order valence-electron chi connectivity index (χ3n) is 2.27. The lowest BCUT2D eigenvalue weighted by molar-refractivity contribution is 0.804. The van der Waals surface area contributed by atoms with Crippen molar-refractivity contribution in [3.05, 3.63) is 29.5 Å². The van der Waals surface area contributed by atoms with Gasteiger partial charge in [0.15, 0.2) is 11.3 Å². The molecule has 0 unspecified atom stereocenters. The number of imidazole rings is 1. The van der Waals surface area contributed by atoms with Crippen LogP contribution in [0.1, 0.15) is 36.8 Å². The molecular weight excluding hydrogens is 188 g/mol. The van der Waals surface area contributed by atoms with E-state index in [1.54, 1.807) is 0 Å². The Hall–Kier alpha value is -1.89. The minimum absolute atomic E-state index is 0.309. The van der Waals surface area contributed by atoms with Gasteiger partial charge in [-0.25, -0.2) is 9.97 Å². The van der Waals surface area contributed by atoms with Crippen molar-refractivity contribution < 1.29 is 0 Å². The van der Waals surface area contributed by atoms with Gasteiger partial charge in [-0.1, -0.05) is 13.8 Å². The van der Waals surface area contributed by atoms with E-state index >= 15 is 0 Å². The molecule has 2 rings (SSSR count). The number of aromatic nitrogens is 3. The second kappa shape index (κ2) is 3.35. The normalized spacial score (nSPS) is 10.9. The first-order valence-electron chi connectivity index (χ1n) is 4.88. The Bertz CT molecular complexity index is 545. The van der Waals surface area contributed by atoms with Crippen LogP contribution >= 0.6 is 0 Å². The summed E-state index contributed by atoms with van der Waals surface area (Å²) < 4.78 is 1.87. The Morgan fingerprint density at radius 2 is 2.07 bits per heavy atom. The number of hydrogen-bond acceptors (Lipinski definition) is 3. The summed E-state index contributed by atoms with van der Waals surface area (Å²) in [6.45, 7) is 6.02. The first kappa shape index (κ1) is 9.66. The van der Waals surface area contributed by atoms with Crippen molar-refractivity contribution in [3.63, 3.8) is 0 Å². The Morgan fingerprint density at radius 3 is 2.67 bits per heavy atom. The molecular formula is C11H12N4. The van der Waals surface area contributed by atoms with Gasteiger partial charge in [0.25, 0.3) is 0 Å². The highest BCUT2D eigenvalue weighted by Gasteiger charge is 2.10. The molecule has 0 atom stereocenters. The van der Waals surface area contributed by atoms with E-state index in [9.17, 15) is 0 Å². The lowest BCUT2D eigenvalue weighted by Crippen LogP contribution is -2.00. The quantitative estimate of drug-likeness (QED) is 0.707. The van der Waals surface area contributed by atoms with E-state index in [1.165, 1.54) is 0 Å². The molecule has 4 nitrogen and oxygen atoms in total. The van der Waals surface area contributed by atoms with Crippen LogP contribution in [0.4, 0.5) is 0 Å². The van der Waals surface area contributed by atoms with Crippen molar-refractivity contribution in [1.82, 2.24) is 14.4 Å². The van der Waals surface area contributed by atoms with E-state index in [0.29, 0.717) is 17.3 Å². The van der Waals surface area contributed by atoms with Gasteiger partial charge in [0.1, 0.15) is 6.07 Å². The first-order chi connectivity index (χ1) is 7.11. The van der Waals surface area contributed by atoms with Gasteiger partial charge < -0.3 is 4.40 Å². The lowest BCUT2D eigenvalue weighted by Gasteiger charge is -2.05. The molecule has 0 aromatic carbocycles. The van der Waals surface area contributed by atoms with Crippen LogP contribution in [0.2, 0.25) is 0 Å². The number of hydrogen-bond donors (Lipinski definition) is 0. The maximum Gasteiger partial charge on any atom is 0.184 e. The van der Waals surface area contributed by atoms with Crippen LogP contribution in [0, 0.1) is 18.3 Å². The minimum Gasteiger partial charge on any atom is -0.303 e. The van der Waals surface area contributed by atoms with Crippen molar-refractivity contribution in [2.75, 3.05) is 0 Å². The molecule has 0 spiro atoms. The van der Waals surface area contributed by atoms with Crippen molar-refractivity contribution >= 4 is 5.65 Å². The smallest absolute Gasteiger partial charge is 0.184 e. The molecule has 0 amide bonds. The van der Waals surface area contributed by atoms with Crippen LogP contribution in [0.25, 0.3) is 5.65 Å². The fraction of sp³-hybridized carbons (Fsp3) is 0.364. The molecule has 0 aliphatic heterocycles. The summed E-state index contributed by atoms with van der Waals surface area (Å²) in [5.41, 5.74) is 2.85. The Labute approximate surface area is 88.2 Å². The van der Waals surface area contributed by atoms with E-state index < -0.39 is 0 Å². The van der Waals surface area contributed by atoms with Crippen LogP contribution in [-0.4, -0.2) is 14.4 Å². The summed E-state index contributed by atoms with van der Waals surface area (Å²) in [7, 11) is 0. The molecule has 0 fully saturated rings. The molecule has 2 heterocycles. The molecule has 15 heavy (non-hydrogen) atoms. The Morgan fingerprint density at radius 1 is 1.33 bits per heavy atom. The van der Waals surface area contributed by atoms with Gasteiger partial charge in [-0.2, -0.15) is 5.26 Å². The van der Waals surface area contributed by atoms with Gasteiger partial charge in [-0.15, -0.1) is 0 Å². The van der Waals surface area contributed by atoms with Gasteiger partial charge in [-0.3, -0.25) is 0 Å². The van der Waals surface area contributed by atoms with Gasteiger partial charge in [-0.05, 0) is 12.8 Å². The van der Waals surface area contributed by atoms with Gasteiger partial charge in [0, 0.05) is 12.4 Å². The van der Waals surface area contributed by atoms with Crippen LogP contribution in [0.3, 0.4) is 0 Å². The highest BCUT2D eigenvalue weighted by Crippen LogP contribution is 2.15. The van der Waals surface area contributed by atoms with Crippen molar-refractivity contribution in [3.8, 4) is 6.07 Å². The predicted octanol–water partition coefficient (Wildman–Crippen LogP) is 2.03. The van der Waals surface area contributed by atoms with Gasteiger partial charge in [0.2, 0.25) is 0 Å². The molecule has 0 aliphatic rings. The number of nitrogens with zero attached hydrogens (tertiary/aromatic N) is 4. The van der Waals surface area contributed by atoms with Crippen LogP contribution in [0.5, 0.6) is 0 Å². The number of rotatable bonds is 1. The zero-order chi connectivity index (χ0) is 11.0. The third-order valence-corrected chi connectivity index (χ3v) is 2.27. The fourth-order valence-corrected chi connectivity index (χ4v) is 1.49. The Balaban J connectivity index is 2.77. The molecule has 0 saturated heterocycles. The van der Waals surface area contributed by atoms with E-state index in [1.807, 2.05) is 23.7 Å². The summed E-state index contributed by atoms with van der Waals surface area (Å²) in [5, 5.41) is 8.99. The molecule has 76 valence electrons. The monoisotopic (exact) mass is 200 g/mol. The molecule has 0 aliphatic carbocycles. The summed E-state index contributed by atoms with van der Waals surface area (Å²) in [5.74, 6) is 0.309. The SMILES string of the molecule is Cc1cn2cc(C(C)C)nc(C#N)c2n1. The number of aryl methyl sites for hydroxylation is 1. The minimum atomic E-state index is 0.309. The maximum absolute atomic E-state index is 8.99. The Kier molecular flexibility index (Phi) is 2.16. The predicted molar refractivity (Wildman–Crippen MR) is 56.5 cm³/mol. The third kappa shape index (κ3) is 1.57. The largest absolute Gasteiger partial charge is 0.303 e. The molecule has 0 bridgehead atoms. The number of nitriles is 1. The lowest BCUT2D eigenvalue weighted by atomic mass is 10.1. The second-order valence-electron chi connectivity index (χ2n) is 3.89. The van der Waals surface area contributed by atoms with E-state index in [-0.39, 0.29) is 0 Å². The highest BCUT2D eigenvalue weighted by molar-refractivity contribution is 5.52. The summed E-state index contributed by atoms with van der Waals surface area (Å²) >= 11 is 0. The zero-order valence-corrected chi connectivity index (χ0v) is 9.02. The van der Waals surface area contributed by atoms with Crippen LogP contribution in [0.15, 0.2) is 12.4 Å². The van der Waals surface area contributed by atoms with E-state index in [4.69, 9.17) is 5.26 Å². The molecule has 2 aromatic heterocycles. The molecule has 0 N–H and O–H groups in total. The number of fused-ring (bicyclic) bond motifs is 1. The standard InChI is InChI=1S/C11H12N4/c1-7(2)10-6-15-5-8(3)13-11(15)9(4-12)14-10/h5-7H,1-3H3. The second-order valence-corrected chi connectivity index (χ2v) is 3.89. The van der Waals surface area contributed by atoms with Gasteiger partial charge in [0.05, 0.1) is 11.4 Å². The summed E-state index contributed by atoms with van der Waals surface area (Å²) in [6, 6.07) is 2.08. The molecule has 4 heteroatoms. The maximum atomic E-state index is 8.99. The average Bonchev–Trinajstić information content (AvgIpc) is 2.56. The summed E-state index contributed by atoms with van der Waals surface area (Å²) in [6.07, 6.45) is 3.84. The summed E-state index contributed by atoms with van der Waals surface area (Å²) in [4.78, 5) is 8.55. The van der Waals surface area contributed by atoms with Crippen molar-refractivity contribution in [2.24, 2.45) is 0 Å². The van der Waals surface area contributed by atoms with Crippen molar-refractivity contribution in [2.45, 2.75) is 26.7 Å². The topological polar surface area (TPSA) is 54.0 Å². The van der Waals surface area contributed by atoms with Crippen LogP contribution in [-0.2, 0) is 0 Å². The fourth-order valence-electron chi connectivity index (χ4n) is 1.49. The van der Waals surface area contributed by atoms with Crippen molar-refractivity contribution in [1.29, 1.82) is 5.26 Å². The molecule has 0 saturated carbocycles. The zero-order valence-electron chi connectivity index (χ0n) is 9.02.